The number of morpholine rings is 1. The van der Waals surface area contributed by atoms with Gasteiger partial charge in [-0.15, -0.1) is 0 Å². The largest absolute Gasteiger partial charge is 0.449 e. The van der Waals surface area contributed by atoms with Crippen LogP contribution in [0, 0.1) is 0 Å². The quantitative estimate of drug-likeness (QED) is 0.270. The van der Waals surface area contributed by atoms with Crippen LogP contribution in [0.3, 0.4) is 0 Å². The van der Waals surface area contributed by atoms with Gasteiger partial charge in [0.15, 0.2) is 6.10 Å². The van der Waals surface area contributed by atoms with E-state index in [9.17, 15) is 18.4 Å². The lowest BCUT2D eigenvalue weighted by Gasteiger charge is -2.28. The minimum Gasteiger partial charge on any atom is -0.449 e. The molecule has 7 nitrogen and oxygen atoms in total. The maximum absolute atomic E-state index is 12.9. The predicted octanol–water partition coefficient (Wildman–Crippen LogP) is 5.77. The van der Waals surface area contributed by atoms with Crippen molar-refractivity contribution < 1.29 is 27.8 Å². The van der Waals surface area contributed by atoms with Gasteiger partial charge in [0.05, 0.1) is 24.5 Å². The molecule has 0 unspecified atom stereocenters. The molecule has 194 valence electrons. The molecule has 1 atom stereocenters. The van der Waals surface area contributed by atoms with Gasteiger partial charge in [0, 0.05) is 35.0 Å². The van der Waals surface area contributed by atoms with Gasteiger partial charge in [-0.25, -0.2) is 4.79 Å². The van der Waals surface area contributed by atoms with E-state index in [4.69, 9.17) is 9.47 Å². The number of benzene rings is 3. The molecule has 3 aromatic rings. The predicted molar refractivity (Wildman–Crippen MR) is 141 cm³/mol. The van der Waals surface area contributed by atoms with E-state index in [1.165, 1.54) is 6.92 Å². The van der Waals surface area contributed by atoms with Gasteiger partial charge >= 0.3 is 5.97 Å². The number of nitrogens with zero attached hydrogens (tertiary/aromatic N) is 1. The van der Waals surface area contributed by atoms with E-state index >= 15 is 0 Å². The molecule has 3 aromatic carbocycles. The molecule has 1 fully saturated rings. The number of nitrogens with one attached hydrogen (secondary N) is 2. The summed E-state index contributed by atoms with van der Waals surface area (Å²) >= 11 is 0.459. The Morgan fingerprint density at radius 1 is 0.946 bits per heavy atom. The molecule has 4 rings (SSSR count). The smallest absolute Gasteiger partial charge is 0.341 e. The molecule has 1 saturated heterocycles. The molecule has 1 aliphatic rings. The van der Waals surface area contributed by atoms with E-state index in [0.717, 1.165) is 18.8 Å². The molecule has 0 bridgehead atoms. The van der Waals surface area contributed by atoms with E-state index < -0.39 is 23.7 Å². The maximum Gasteiger partial charge on any atom is 0.341 e. The molecule has 1 aliphatic heterocycles. The van der Waals surface area contributed by atoms with Gasteiger partial charge in [0.25, 0.3) is 11.7 Å². The summed E-state index contributed by atoms with van der Waals surface area (Å²) < 4.78 is 35.9. The lowest BCUT2D eigenvalue weighted by atomic mass is 10.1. The van der Waals surface area contributed by atoms with Gasteiger partial charge in [-0.3, -0.25) is 4.79 Å². The number of alkyl halides is 2. The molecule has 0 saturated carbocycles. The summed E-state index contributed by atoms with van der Waals surface area (Å²) in [5, 5.41) is 5.87. The normalized spacial score (nSPS) is 14.2. The zero-order valence-corrected chi connectivity index (χ0v) is 21.0. The highest BCUT2D eigenvalue weighted by Crippen LogP contribution is 2.28. The van der Waals surface area contributed by atoms with Gasteiger partial charge in [-0.1, -0.05) is 23.9 Å². The zero-order chi connectivity index (χ0) is 26.2. The number of hydrogen-bond donors (Lipinski definition) is 2. The Morgan fingerprint density at radius 2 is 1.59 bits per heavy atom. The van der Waals surface area contributed by atoms with Crippen LogP contribution >= 0.6 is 11.8 Å². The molecule has 37 heavy (non-hydrogen) atoms. The maximum atomic E-state index is 12.9. The summed E-state index contributed by atoms with van der Waals surface area (Å²) in [5.41, 5.74) is 2.97. The van der Waals surface area contributed by atoms with Crippen molar-refractivity contribution in [1.29, 1.82) is 0 Å². The van der Waals surface area contributed by atoms with Crippen molar-refractivity contribution in [3.63, 3.8) is 0 Å². The highest BCUT2D eigenvalue weighted by molar-refractivity contribution is 7.99. The number of ether oxygens (including phenoxy) is 2. The number of halogens is 2. The van der Waals surface area contributed by atoms with Crippen molar-refractivity contribution in [2.45, 2.75) is 23.7 Å². The first-order chi connectivity index (χ1) is 17.9. The highest BCUT2D eigenvalue weighted by atomic mass is 32.2. The lowest BCUT2D eigenvalue weighted by molar-refractivity contribution is -0.123. The first-order valence-electron chi connectivity index (χ1n) is 11.7. The van der Waals surface area contributed by atoms with E-state index in [-0.39, 0.29) is 5.56 Å². The topological polar surface area (TPSA) is 79.9 Å². The van der Waals surface area contributed by atoms with Crippen LogP contribution in [0.4, 0.5) is 31.5 Å². The fourth-order valence-corrected chi connectivity index (χ4v) is 4.24. The second kappa shape index (κ2) is 12.6. The number of esters is 1. The Hall–Kier alpha value is -3.63. The number of carbonyl (C=O) groups excluding carboxylic acids is 2. The van der Waals surface area contributed by atoms with Gasteiger partial charge in [0.1, 0.15) is 0 Å². The average Bonchev–Trinajstić information content (AvgIpc) is 2.90. The summed E-state index contributed by atoms with van der Waals surface area (Å²) in [7, 11) is 0. The Kier molecular flexibility index (Phi) is 8.97. The van der Waals surface area contributed by atoms with E-state index in [2.05, 4.69) is 15.5 Å². The number of carbonyl (C=O) groups is 2. The number of anilines is 4. The van der Waals surface area contributed by atoms with E-state index in [1.807, 2.05) is 24.3 Å². The van der Waals surface area contributed by atoms with Gasteiger partial charge in [-0.05, 0) is 67.6 Å². The average molecular weight is 528 g/mol. The van der Waals surface area contributed by atoms with Crippen molar-refractivity contribution in [3.05, 3.63) is 78.4 Å². The third-order valence-corrected chi connectivity index (χ3v) is 6.39. The van der Waals surface area contributed by atoms with Gasteiger partial charge in [-0.2, -0.15) is 8.78 Å². The van der Waals surface area contributed by atoms with Crippen molar-refractivity contribution in [3.8, 4) is 0 Å². The lowest BCUT2D eigenvalue weighted by Crippen LogP contribution is -2.36. The van der Waals surface area contributed by atoms with Gasteiger partial charge < -0.3 is 25.0 Å². The third-order valence-electron chi connectivity index (χ3n) is 5.67. The number of hydrogen-bond acceptors (Lipinski definition) is 7. The van der Waals surface area contributed by atoms with Crippen molar-refractivity contribution in [1.82, 2.24) is 0 Å². The molecule has 0 spiro atoms. The summed E-state index contributed by atoms with van der Waals surface area (Å²) in [6, 6.07) is 20.6. The zero-order valence-electron chi connectivity index (χ0n) is 20.2. The van der Waals surface area contributed by atoms with Gasteiger partial charge in [0.2, 0.25) is 0 Å². The third kappa shape index (κ3) is 7.43. The van der Waals surface area contributed by atoms with Crippen LogP contribution in [0.5, 0.6) is 0 Å². The summed E-state index contributed by atoms with van der Waals surface area (Å²) in [5.74, 6) is -3.62. The first kappa shape index (κ1) is 26.4. The molecule has 0 aliphatic carbocycles. The molecule has 0 radical (unpaired) electrons. The van der Waals surface area contributed by atoms with Crippen LogP contribution in [-0.2, 0) is 14.3 Å². The van der Waals surface area contributed by atoms with E-state index in [1.54, 1.807) is 48.5 Å². The second-order valence-corrected chi connectivity index (χ2v) is 9.32. The first-order valence-corrected chi connectivity index (χ1v) is 12.6. The molecule has 0 aromatic heterocycles. The van der Waals surface area contributed by atoms with Crippen LogP contribution in [0.25, 0.3) is 0 Å². The Labute approximate surface area is 218 Å². The number of rotatable bonds is 9. The summed E-state index contributed by atoms with van der Waals surface area (Å²) in [6.07, 6.45) is -1.04. The standard InChI is InChI=1S/C27H27F2N3O4S/c1-18(25(33)31-20-6-10-21(11-7-20)32-14-16-35-17-15-32)36-26(34)23-4-2-3-5-24(23)30-19-8-12-22(13-9-19)37-27(28)29/h2-13,18,27,30H,14-17H2,1H3,(H,31,33)/t18-/m0/s1. The Balaban J connectivity index is 1.35. The summed E-state index contributed by atoms with van der Waals surface area (Å²) in [4.78, 5) is 28.2. The minimum atomic E-state index is -2.50. The fourth-order valence-electron chi connectivity index (χ4n) is 3.74. The second-order valence-electron chi connectivity index (χ2n) is 8.26. The van der Waals surface area contributed by atoms with Crippen LogP contribution in [0.2, 0.25) is 0 Å². The highest BCUT2D eigenvalue weighted by Gasteiger charge is 2.21. The number of amides is 1. The minimum absolute atomic E-state index is 0.239. The molecule has 1 heterocycles. The molecule has 2 N–H and O–H groups in total. The molecular weight excluding hydrogens is 500 g/mol. The number of para-hydroxylation sites is 1. The van der Waals surface area contributed by atoms with Crippen LogP contribution in [0.1, 0.15) is 17.3 Å². The van der Waals surface area contributed by atoms with Crippen LogP contribution < -0.4 is 15.5 Å². The van der Waals surface area contributed by atoms with Crippen molar-refractivity contribution in [2.24, 2.45) is 0 Å². The van der Waals surface area contributed by atoms with Crippen molar-refractivity contribution >= 4 is 46.4 Å². The summed E-state index contributed by atoms with van der Waals surface area (Å²) in [6.45, 7) is 4.51. The van der Waals surface area contributed by atoms with Crippen molar-refractivity contribution in [2.75, 3.05) is 41.8 Å². The van der Waals surface area contributed by atoms with Crippen LogP contribution in [-0.4, -0.2) is 50.0 Å². The molecule has 1 amide bonds. The monoisotopic (exact) mass is 527 g/mol. The Morgan fingerprint density at radius 3 is 2.27 bits per heavy atom. The molecule has 10 heteroatoms. The van der Waals surface area contributed by atoms with Crippen LogP contribution in [0.15, 0.2) is 77.7 Å². The SMILES string of the molecule is C[C@H](OC(=O)c1ccccc1Nc1ccc(SC(F)F)cc1)C(=O)Nc1ccc(N2CCOCC2)cc1. The van der Waals surface area contributed by atoms with E-state index in [0.29, 0.717) is 46.9 Å². The number of thioether (sulfide) groups is 1. The fraction of sp³-hybridized carbons (Fsp3) is 0.259. The molecular formula is C27H27F2N3O4S. The Bertz CT molecular complexity index is 1200.